The van der Waals surface area contributed by atoms with Gasteiger partial charge in [0.1, 0.15) is 5.71 Å². The molecule has 1 amide bonds. The zero-order valence-electron chi connectivity index (χ0n) is 7.15. The molecule has 0 radical (unpaired) electrons. The number of carbonyl (C=O) groups excluding carboxylic acids is 1. The molecule has 70 valence electrons. The summed E-state index contributed by atoms with van der Waals surface area (Å²) in [4.78, 5) is 11.1. The summed E-state index contributed by atoms with van der Waals surface area (Å²) in [5.74, 6) is -0.144. The molecule has 12 heavy (non-hydrogen) atoms. The van der Waals surface area contributed by atoms with Gasteiger partial charge in [-0.25, -0.2) is 3.64 Å². The number of amides is 1. The van der Waals surface area contributed by atoms with E-state index in [1.165, 1.54) is 0 Å². The molecule has 0 saturated carbocycles. The Kier molecular flexibility index (Phi) is 7.06. The molecule has 3 N–H and O–H groups in total. The number of hydrazone groups is 1. The lowest BCUT2D eigenvalue weighted by Crippen LogP contribution is -2.34. The van der Waals surface area contributed by atoms with E-state index in [4.69, 9.17) is 0 Å². The predicted octanol–water partition coefficient (Wildman–Crippen LogP) is -0.362. The molecule has 0 aliphatic rings. The number of carbonyl (C=O) groups is 1. The normalized spacial score (nSPS) is 11.1. The summed E-state index contributed by atoms with van der Waals surface area (Å²) >= 11 is 1.85. The van der Waals surface area contributed by atoms with Gasteiger partial charge in [-0.05, 0) is 14.0 Å². The molecule has 0 aromatic rings. The van der Waals surface area contributed by atoms with Crippen LogP contribution in [0.2, 0.25) is 0 Å². The van der Waals surface area contributed by atoms with Crippen LogP contribution in [0.5, 0.6) is 0 Å². The van der Waals surface area contributed by atoms with Gasteiger partial charge >= 0.3 is 0 Å². The van der Waals surface area contributed by atoms with Gasteiger partial charge in [0, 0.05) is 13.1 Å². The quantitative estimate of drug-likeness (QED) is 0.212. The number of halogens is 1. The molecule has 0 aliphatic heterocycles. The average Bonchev–Trinajstić information content (AvgIpc) is 2.05. The largest absolute Gasteiger partial charge is 0.350 e. The molecule has 0 heterocycles. The summed E-state index contributed by atoms with van der Waals surface area (Å²) in [6, 6.07) is 0. The van der Waals surface area contributed by atoms with Crippen molar-refractivity contribution in [3.8, 4) is 0 Å². The second kappa shape index (κ2) is 7.29. The van der Waals surface area contributed by atoms with E-state index in [-0.39, 0.29) is 5.91 Å². The van der Waals surface area contributed by atoms with Crippen molar-refractivity contribution in [1.29, 1.82) is 0 Å². The third-order valence-corrected chi connectivity index (χ3v) is 1.44. The highest BCUT2D eigenvalue weighted by Crippen LogP contribution is 1.77. The highest BCUT2D eigenvalue weighted by atomic mass is 127. The van der Waals surface area contributed by atoms with Crippen LogP contribution in [0.25, 0.3) is 0 Å². The van der Waals surface area contributed by atoms with E-state index < -0.39 is 0 Å². The third kappa shape index (κ3) is 5.30. The smallest absolute Gasteiger partial charge is 0.267 e. The maximum Gasteiger partial charge on any atom is 0.267 e. The molecule has 0 aromatic carbocycles. The van der Waals surface area contributed by atoms with Crippen molar-refractivity contribution < 1.29 is 4.79 Å². The first-order valence-corrected chi connectivity index (χ1v) is 4.63. The fourth-order valence-electron chi connectivity index (χ4n) is 0.543. The van der Waals surface area contributed by atoms with Gasteiger partial charge in [0.25, 0.3) is 5.91 Å². The molecule has 5 nitrogen and oxygen atoms in total. The number of likely N-dealkylation sites (N-methyl/N-ethyl adjacent to an activating group) is 1. The van der Waals surface area contributed by atoms with Crippen LogP contribution in [0.3, 0.4) is 0 Å². The Hall–Kier alpha value is -0.370. The second-order valence-corrected chi connectivity index (χ2v) is 2.62. The van der Waals surface area contributed by atoms with Gasteiger partial charge < -0.3 is 10.6 Å². The summed E-state index contributed by atoms with van der Waals surface area (Å²) in [6.07, 6.45) is 0. The molecule has 0 spiro atoms. The number of hydrogen-bond donors (Lipinski definition) is 3. The Labute approximate surface area is 85.9 Å². The summed E-state index contributed by atoms with van der Waals surface area (Å²) in [7, 11) is 1.83. The van der Waals surface area contributed by atoms with Gasteiger partial charge in [0.2, 0.25) is 0 Å². The van der Waals surface area contributed by atoms with E-state index >= 15 is 0 Å². The van der Waals surface area contributed by atoms with Crippen molar-refractivity contribution in [3.63, 3.8) is 0 Å². The fourth-order valence-corrected chi connectivity index (χ4v) is 0.905. The number of rotatable bonds is 5. The molecule has 0 saturated heterocycles. The minimum Gasteiger partial charge on any atom is -0.350 e. The lowest BCUT2D eigenvalue weighted by Gasteiger charge is -2.02. The van der Waals surface area contributed by atoms with Crippen molar-refractivity contribution in [3.05, 3.63) is 0 Å². The zero-order valence-corrected chi connectivity index (χ0v) is 9.31. The van der Waals surface area contributed by atoms with Crippen molar-refractivity contribution in [2.75, 3.05) is 20.1 Å². The van der Waals surface area contributed by atoms with Gasteiger partial charge in [-0.3, -0.25) is 4.79 Å². The molecule has 0 aromatic heterocycles. The van der Waals surface area contributed by atoms with Crippen LogP contribution in [0.15, 0.2) is 5.10 Å². The van der Waals surface area contributed by atoms with E-state index in [1.807, 2.05) is 29.9 Å². The number of nitrogens with one attached hydrogen (secondary N) is 3. The topological polar surface area (TPSA) is 65.5 Å². The van der Waals surface area contributed by atoms with Gasteiger partial charge in [-0.1, -0.05) is 0 Å². The van der Waals surface area contributed by atoms with Gasteiger partial charge in [-0.15, -0.1) is 0 Å². The maximum absolute atomic E-state index is 11.1. The van der Waals surface area contributed by atoms with Crippen LogP contribution in [-0.2, 0) is 4.79 Å². The number of nitrogens with zero attached hydrogens (tertiary/aromatic N) is 1. The Balaban J connectivity index is 3.64. The van der Waals surface area contributed by atoms with E-state index in [2.05, 4.69) is 19.4 Å². The Morgan fingerprint density at radius 2 is 2.17 bits per heavy atom. The molecule has 0 rings (SSSR count). The molecule has 0 fully saturated rings. The van der Waals surface area contributed by atoms with Gasteiger partial charge in [0.15, 0.2) is 0 Å². The highest BCUT2D eigenvalue weighted by Gasteiger charge is 2.03. The Bertz CT molecular complexity index is 171. The molecule has 0 bridgehead atoms. The summed E-state index contributed by atoms with van der Waals surface area (Å²) in [6.45, 7) is 3.03. The molecule has 6 heteroatoms. The Morgan fingerprint density at radius 3 is 2.67 bits per heavy atom. The van der Waals surface area contributed by atoms with E-state index in [0.717, 1.165) is 6.54 Å². The second-order valence-electron chi connectivity index (χ2n) is 2.14. The SMILES string of the molecule is CNCCNC(=O)/C(C)=N/NI. The van der Waals surface area contributed by atoms with Crippen LogP contribution in [0.1, 0.15) is 6.92 Å². The fraction of sp³-hybridized carbons (Fsp3) is 0.667. The van der Waals surface area contributed by atoms with Crippen molar-refractivity contribution in [2.24, 2.45) is 5.10 Å². The first-order valence-electron chi connectivity index (χ1n) is 3.55. The minimum absolute atomic E-state index is 0.144. The Morgan fingerprint density at radius 1 is 1.50 bits per heavy atom. The number of hydrogen-bond acceptors (Lipinski definition) is 4. The van der Waals surface area contributed by atoms with Crippen molar-refractivity contribution in [2.45, 2.75) is 6.92 Å². The van der Waals surface area contributed by atoms with Crippen LogP contribution >= 0.6 is 22.9 Å². The molecule has 0 unspecified atom stereocenters. The van der Waals surface area contributed by atoms with Crippen LogP contribution in [0, 0.1) is 0 Å². The molecular weight excluding hydrogens is 271 g/mol. The maximum atomic E-state index is 11.1. The van der Waals surface area contributed by atoms with Crippen LogP contribution in [0.4, 0.5) is 0 Å². The monoisotopic (exact) mass is 284 g/mol. The average molecular weight is 284 g/mol. The van der Waals surface area contributed by atoms with Crippen molar-refractivity contribution in [1.82, 2.24) is 14.3 Å². The van der Waals surface area contributed by atoms with E-state index in [9.17, 15) is 4.79 Å². The van der Waals surface area contributed by atoms with Crippen molar-refractivity contribution >= 4 is 34.5 Å². The summed E-state index contributed by atoms with van der Waals surface area (Å²) in [5, 5.41) is 9.34. The predicted molar refractivity (Wildman–Crippen MR) is 57.2 cm³/mol. The lowest BCUT2D eigenvalue weighted by molar-refractivity contribution is -0.114. The van der Waals surface area contributed by atoms with E-state index in [0.29, 0.717) is 12.3 Å². The molecule has 0 aliphatic carbocycles. The van der Waals surface area contributed by atoms with Gasteiger partial charge in [0.05, 0.1) is 22.9 Å². The van der Waals surface area contributed by atoms with Crippen LogP contribution in [-0.4, -0.2) is 31.8 Å². The standard InChI is InChI=1S/C6H13IN4O/c1-5(10-11-7)6(12)9-4-3-8-2/h8,11H,3-4H2,1-2H3,(H,9,12)/b10-5+. The minimum atomic E-state index is -0.144. The third-order valence-electron chi connectivity index (χ3n) is 1.20. The van der Waals surface area contributed by atoms with E-state index in [1.54, 1.807) is 6.92 Å². The van der Waals surface area contributed by atoms with Gasteiger partial charge in [-0.2, -0.15) is 5.10 Å². The van der Waals surface area contributed by atoms with Crippen LogP contribution < -0.4 is 14.3 Å². The summed E-state index contributed by atoms with van der Waals surface area (Å²) < 4.78 is 2.52. The first-order chi connectivity index (χ1) is 5.72. The highest BCUT2D eigenvalue weighted by molar-refractivity contribution is 14.1. The first kappa shape index (κ1) is 11.6. The molecular formula is C6H13IN4O. The lowest BCUT2D eigenvalue weighted by atomic mass is 10.4. The summed E-state index contributed by atoms with van der Waals surface area (Å²) in [5.41, 5.74) is 0.431. The molecule has 0 atom stereocenters. The zero-order chi connectivity index (χ0) is 9.40.